The van der Waals surface area contributed by atoms with Crippen LogP contribution >= 0.6 is 0 Å². The molecule has 0 amide bonds. The first kappa shape index (κ1) is 13.3. The zero-order valence-corrected chi connectivity index (χ0v) is 8.33. The number of aromatic nitrogens is 6. The zero-order valence-electron chi connectivity index (χ0n) is 8.33. The van der Waals surface area contributed by atoms with Crippen molar-refractivity contribution in [2.45, 2.75) is 0 Å². The van der Waals surface area contributed by atoms with Gasteiger partial charge in [-0.3, -0.25) is 0 Å². The van der Waals surface area contributed by atoms with Crippen LogP contribution in [0.1, 0.15) is 0 Å². The lowest BCUT2D eigenvalue weighted by Gasteiger charge is -1.61. The Bertz CT molecular complexity index is 248. The molecule has 0 aliphatic carbocycles. The van der Waals surface area contributed by atoms with E-state index in [1.54, 1.807) is 37.2 Å². The van der Waals surface area contributed by atoms with Crippen molar-refractivity contribution in [3.05, 3.63) is 56.2 Å². The third-order valence-electron chi connectivity index (χ3n) is 1.12. The smallest absolute Gasteiger partial charge is 0.450 e. The molecular formula is C9H9N7. The van der Waals surface area contributed by atoms with Gasteiger partial charge in [-0.15, -0.1) is 0 Å². The summed E-state index contributed by atoms with van der Waals surface area (Å²) in [6.07, 6.45) is 14.3. The van der Waals surface area contributed by atoms with Crippen molar-refractivity contribution < 1.29 is 0 Å². The van der Waals surface area contributed by atoms with Gasteiger partial charge >= 0.3 is 6.15 Å². The second-order valence-corrected chi connectivity index (χ2v) is 2.14. The minimum atomic E-state index is 0. The van der Waals surface area contributed by atoms with Gasteiger partial charge in [-0.05, 0) is 0 Å². The fourth-order valence-electron chi connectivity index (χ4n) is 0.577. The van der Waals surface area contributed by atoms with E-state index in [-0.39, 0.29) is 6.15 Å². The summed E-state index contributed by atoms with van der Waals surface area (Å²) in [5, 5.41) is 0. The molecule has 3 aromatic rings. The topological polar surface area (TPSA) is 111 Å². The molecule has 16 heavy (non-hydrogen) atoms. The van der Waals surface area contributed by atoms with Crippen LogP contribution in [-0.4, -0.2) is 15.0 Å². The zero-order chi connectivity index (χ0) is 10.6. The summed E-state index contributed by atoms with van der Waals surface area (Å²) < 4.78 is 0. The molecule has 7 nitrogen and oxygen atoms in total. The maximum absolute atomic E-state index is 3.61. The van der Waals surface area contributed by atoms with Gasteiger partial charge in [0.25, 0.3) is 0 Å². The van der Waals surface area contributed by atoms with Crippen molar-refractivity contribution in [2.75, 3.05) is 0 Å². The van der Waals surface area contributed by atoms with E-state index in [0.717, 1.165) is 0 Å². The molecule has 3 heterocycles. The minimum Gasteiger partial charge on any atom is -0.450 e. The normalized spacial score (nSPS) is 7.50. The van der Waals surface area contributed by atoms with Gasteiger partial charge < -0.3 is 29.9 Å². The Morgan fingerprint density at radius 2 is 0.875 bits per heavy atom. The van der Waals surface area contributed by atoms with Crippen LogP contribution in [0.15, 0.2) is 56.2 Å². The maximum atomic E-state index is 3.61. The Kier molecular flexibility index (Phi) is 8.69. The number of hydrogen-bond acceptors (Lipinski definition) is 3. The van der Waals surface area contributed by atoms with Crippen LogP contribution < -0.4 is 21.1 Å². The maximum Gasteiger partial charge on any atom is 3.00 e. The van der Waals surface area contributed by atoms with Crippen molar-refractivity contribution in [1.82, 2.24) is 36.1 Å². The summed E-state index contributed by atoms with van der Waals surface area (Å²) in [5.41, 5.74) is 0. The van der Waals surface area contributed by atoms with Crippen LogP contribution in [0, 0.1) is 0 Å². The molecule has 7 heteroatoms. The van der Waals surface area contributed by atoms with Crippen LogP contribution in [0.25, 0.3) is 0 Å². The lowest BCUT2D eigenvalue weighted by molar-refractivity contribution is 1.29. The number of rotatable bonds is 0. The van der Waals surface area contributed by atoms with Crippen molar-refractivity contribution in [3.8, 4) is 0 Å². The first-order chi connectivity index (χ1) is 7.50. The average molecular weight is 215 g/mol. The first-order valence-electron chi connectivity index (χ1n) is 4.10. The molecule has 80 valence electrons. The van der Waals surface area contributed by atoms with Crippen molar-refractivity contribution in [3.63, 3.8) is 0 Å². The molecule has 0 spiro atoms. The molecule has 3 aromatic heterocycles. The van der Waals surface area contributed by atoms with Crippen LogP contribution in [0.4, 0.5) is 0 Å². The Labute approximate surface area is 93.0 Å². The Morgan fingerprint density at radius 1 is 0.562 bits per heavy atom. The second-order valence-electron chi connectivity index (χ2n) is 2.14. The third kappa shape index (κ3) is 7.96. The van der Waals surface area contributed by atoms with Crippen LogP contribution in [-0.2, 0) is 0 Å². The summed E-state index contributed by atoms with van der Waals surface area (Å²) in [6, 6.07) is 0. The molecule has 0 saturated heterocycles. The number of imidazole rings is 3. The minimum absolute atomic E-state index is 0. The molecule has 0 aliphatic heterocycles. The van der Waals surface area contributed by atoms with Crippen LogP contribution in [0.2, 0.25) is 0 Å². The average Bonchev–Trinajstić information content (AvgIpc) is 3.09. The fourth-order valence-corrected chi connectivity index (χ4v) is 0.577. The summed E-state index contributed by atoms with van der Waals surface area (Å²) >= 11 is 0. The lowest BCUT2D eigenvalue weighted by atomic mass is 11.0. The highest BCUT2D eigenvalue weighted by Gasteiger charge is 3.00. The highest BCUT2D eigenvalue weighted by atomic mass is 14.8. The van der Waals surface area contributed by atoms with Gasteiger partial charge in [-0.25, -0.2) is 0 Å². The molecule has 0 N–H and O–H groups in total. The lowest BCUT2D eigenvalue weighted by Crippen LogP contribution is -1.50. The van der Waals surface area contributed by atoms with Gasteiger partial charge in [-0.2, -0.15) is 0 Å². The largest absolute Gasteiger partial charge is 3.00 e. The van der Waals surface area contributed by atoms with Crippen molar-refractivity contribution in [1.29, 1.82) is 0 Å². The van der Waals surface area contributed by atoms with Gasteiger partial charge in [-0.1, -0.05) is 56.2 Å². The van der Waals surface area contributed by atoms with Gasteiger partial charge in [0, 0.05) is 0 Å². The van der Waals surface area contributed by atoms with E-state index in [1.807, 2.05) is 0 Å². The van der Waals surface area contributed by atoms with Crippen LogP contribution in [0.5, 0.6) is 0 Å². The summed E-state index contributed by atoms with van der Waals surface area (Å²) in [7, 11) is 0. The monoisotopic (exact) mass is 215 g/mol. The number of nitrogens with zero attached hydrogens (tertiary/aromatic N) is 7. The van der Waals surface area contributed by atoms with Gasteiger partial charge in [0.1, 0.15) is 0 Å². The van der Waals surface area contributed by atoms with E-state index < -0.39 is 0 Å². The van der Waals surface area contributed by atoms with Gasteiger partial charge in [0.05, 0.1) is 0 Å². The third-order valence-corrected chi connectivity index (χ3v) is 1.12. The number of hydrogen-bond donors (Lipinski definition) is 0. The Hall–Kier alpha value is -2.66. The Morgan fingerprint density at radius 3 is 0.938 bits per heavy atom. The molecule has 0 bridgehead atoms. The van der Waals surface area contributed by atoms with Gasteiger partial charge in [0.15, 0.2) is 0 Å². The molecule has 0 fully saturated rings. The first-order valence-corrected chi connectivity index (χ1v) is 4.10. The molecule has 0 unspecified atom stereocenters. The van der Waals surface area contributed by atoms with E-state index in [2.05, 4.69) is 29.9 Å². The predicted molar refractivity (Wildman–Crippen MR) is 54.8 cm³/mol. The van der Waals surface area contributed by atoms with Gasteiger partial charge in [0.2, 0.25) is 0 Å². The van der Waals surface area contributed by atoms with E-state index in [4.69, 9.17) is 0 Å². The standard InChI is InChI=1S/3C3H3N2.N/c3*1-2-5-3-4-1;/h3*1-3H;/q3*-1;+3. The van der Waals surface area contributed by atoms with Crippen LogP contribution in [0.3, 0.4) is 0 Å². The van der Waals surface area contributed by atoms with E-state index >= 15 is 0 Å². The highest BCUT2D eigenvalue weighted by molar-refractivity contribution is 4.65. The molecule has 0 saturated carbocycles. The van der Waals surface area contributed by atoms with E-state index in [9.17, 15) is 0 Å². The summed E-state index contributed by atoms with van der Waals surface area (Å²) in [5.74, 6) is 0. The molecular weight excluding hydrogens is 206 g/mol. The summed E-state index contributed by atoms with van der Waals surface area (Å²) in [6.45, 7) is 0. The SMILES string of the molecule is [N+3].c1c[n-]cn1.c1c[n-]cn1.c1c[n-]cn1. The molecule has 0 aliphatic rings. The molecule has 2 radical (unpaired) electrons. The van der Waals surface area contributed by atoms with Crippen molar-refractivity contribution >= 4 is 0 Å². The highest BCUT2D eigenvalue weighted by Crippen LogP contribution is 1.61. The summed E-state index contributed by atoms with van der Waals surface area (Å²) in [4.78, 5) is 21.7. The molecule has 0 aromatic carbocycles. The van der Waals surface area contributed by atoms with E-state index in [1.165, 1.54) is 19.0 Å². The second kappa shape index (κ2) is 10.4. The fraction of sp³-hybridized carbons (Fsp3) is 0. The quantitative estimate of drug-likeness (QED) is 0.506. The van der Waals surface area contributed by atoms with Crippen molar-refractivity contribution in [2.24, 2.45) is 0 Å². The molecule has 0 atom stereocenters. The molecule has 3 rings (SSSR count). The van der Waals surface area contributed by atoms with E-state index in [0.29, 0.717) is 0 Å². The Balaban J connectivity index is 0.000000205. The predicted octanol–water partition coefficient (Wildman–Crippen LogP) is -0.364.